The van der Waals surface area contributed by atoms with Crippen molar-refractivity contribution < 1.29 is 17.9 Å². The lowest BCUT2D eigenvalue weighted by Crippen LogP contribution is -2.28. The van der Waals surface area contributed by atoms with Crippen LogP contribution in [0.5, 0.6) is 0 Å². The maximum absolute atomic E-state index is 13.9. The van der Waals surface area contributed by atoms with Crippen LogP contribution >= 0.6 is 0 Å². The van der Waals surface area contributed by atoms with Gasteiger partial charge in [-0.1, -0.05) is 6.07 Å². The number of sulfonamides is 1. The van der Waals surface area contributed by atoms with Crippen molar-refractivity contribution >= 4 is 10.0 Å². The molecule has 0 saturated carbocycles. The Kier molecular flexibility index (Phi) is 4.40. The highest BCUT2D eigenvalue weighted by Crippen LogP contribution is 2.20. The molecule has 8 heteroatoms. The van der Waals surface area contributed by atoms with Crippen LogP contribution in [0.2, 0.25) is 0 Å². The first-order chi connectivity index (χ1) is 9.86. The molecule has 0 aliphatic heterocycles. The molecule has 0 spiro atoms. The van der Waals surface area contributed by atoms with E-state index < -0.39 is 20.7 Å². The Bertz CT molecular complexity index is 743. The summed E-state index contributed by atoms with van der Waals surface area (Å²) in [5, 5.41) is 8.93. The molecule has 21 heavy (non-hydrogen) atoms. The fourth-order valence-electron chi connectivity index (χ4n) is 1.85. The van der Waals surface area contributed by atoms with Crippen molar-refractivity contribution in [1.29, 1.82) is 0 Å². The molecule has 0 bridgehead atoms. The van der Waals surface area contributed by atoms with Crippen molar-refractivity contribution in [1.82, 2.24) is 13.9 Å². The van der Waals surface area contributed by atoms with Crippen LogP contribution in [0.4, 0.5) is 4.39 Å². The molecule has 1 aromatic heterocycles. The minimum atomic E-state index is -3.96. The molecule has 0 aliphatic carbocycles. The van der Waals surface area contributed by atoms with Gasteiger partial charge in [0, 0.05) is 26.5 Å². The number of aliphatic hydroxyl groups is 1. The third-order valence-corrected chi connectivity index (χ3v) is 4.99. The molecule has 0 unspecified atom stereocenters. The van der Waals surface area contributed by atoms with E-state index >= 15 is 0 Å². The van der Waals surface area contributed by atoms with Crippen LogP contribution in [-0.4, -0.2) is 34.4 Å². The molecule has 114 valence electrons. The fourth-order valence-corrected chi connectivity index (χ4v) is 3.02. The third-order valence-electron chi connectivity index (χ3n) is 3.15. The normalized spacial score (nSPS) is 12.0. The minimum absolute atomic E-state index is 0.0347. The highest BCUT2D eigenvalue weighted by molar-refractivity contribution is 7.89. The number of nitrogens with zero attached hydrogens (tertiary/aromatic N) is 3. The summed E-state index contributed by atoms with van der Waals surface area (Å²) in [6.07, 6.45) is 3.26. The lowest BCUT2D eigenvalue weighted by Gasteiger charge is -2.17. The van der Waals surface area contributed by atoms with Gasteiger partial charge in [-0.2, -0.15) is 4.31 Å². The number of hydrogen-bond acceptors (Lipinski definition) is 4. The van der Waals surface area contributed by atoms with Gasteiger partial charge in [-0.15, -0.1) is 0 Å². The van der Waals surface area contributed by atoms with Crippen molar-refractivity contribution in [3.8, 4) is 0 Å². The second-order valence-electron chi connectivity index (χ2n) is 4.64. The Morgan fingerprint density at radius 2 is 2.14 bits per heavy atom. The Labute approximate surface area is 122 Å². The standard InChI is InChI=1S/C13H16FN3O3S/c1-16-6-5-15-13(16)8-17(2)21(19,20)12-4-3-10(9-18)7-11(12)14/h3-7,18H,8-9H2,1-2H3. The molecule has 1 N–H and O–H groups in total. The topological polar surface area (TPSA) is 75.4 Å². The van der Waals surface area contributed by atoms with Gasteiger partial charge in [0.1, 0.15) is 16.5 Å². The van der Waals surface area contributed by atoms with Crippen LogP contribution in [0.3, 0.4) is 0 Å². The van der Waals surface area contributed by atoms with Crippen molar-refractivity contribution in [3.05, 3.63) is 47.8 Å². The molecule has 0 saturated heterocycles. The molecule has 0 aliphatic rings. The second-order valence-corrected chi connectivity index (χ2v) is 6.65. The van der Waals surface area contributed by atoms with Crippen LogP contribution in [0, 0.1) is 5.82 Å². The number of benzene rings is 1. The molecule has 2 aromatic rings. The Morgan fingerprint density at radius 1 is 1.43 bits per heavy atom. The van der Waals surface area contributed by atoms with E-state index in [1.165, 1.54) is 13.1 Å². The van der Waals surface area contributed by atoms with E-state index in [1.54, 1.807) is 24.0 Å². The van der Waals surface area contributed by atoms with E-state index in [4.69, 9.17) is 5.11 Å². The van der Waals surface area contributed by atoms with Crippen LogP contribution in [0.15, 0.2) is 35.5 Å². The molecule has 0 amide bonds. The lowest BCUT2D eigenvalue weighted by atomic mass is 10.2. The quantitative estimate of drug-likeness (QED) is 0.889. The number of aromatic nitrogens is 2. The Morgan fingerprint density at radius 3 is 2.67 bits per heavy atom. The molecule has 2 rings (SSSR count). The van der Waals surface area contributed by atoms with E-state index in [-0.39, 0.29) is 13.2 Å². The van der Waals surface area contributed by atoms with Gasteiger partial charge in [0.25, 0.3) is 0 Å². The average Bonchev–Trinajstić information content (AvgIpc) is 2.83. The van der Waals surface area contributed by atoms with Crippen molar-refractivity contribution in [2.75, 3.05) is 7.05 Å². The van der Waals surface area contributed by atoms with E-state index in [9.17, 15) is 12.8 Å². The Hall–Kier alpha value is -1.77. The number of hydrogen-bond donors (Lipinski definition) is 1. The predicted molar refractivity (Wildman–Crippen MR) is 74.2 cm³/mol. The van der Waals surface area contributed by atoms with E-state index in [2.05, 4.69) is 4.98 Å². The molecule has 0 atom stereocenters. The van der Waals surface area contributed by atoms with Gasteiger partial charge in [0.15, 0.2) is 0 Å². The molecule has 1 aromatic carbocycles. The number of imidazole rings is 1. The van der Waals surface area contributed by atoms with Gasteiger partial charge in [-0.3, -0.25) is 0 Å². The molecule has 1 heterocycles. The largest absolute Gasteiger partial charge is 0.392 e. The van der Waals surface area contributed by atoms with E-state index in [0.717, 1.165) is 16.4 Å². The fraction of sp³-hybridized carbons (Fsp3) is 0.308. The second kappa shape index (κ2) is 5.92. The average molecular weight is 313 g/mol. The summed E-state index contributed by atoms with van der Waals surface area (Å²) in [4.78, 5) is 3.62. The first-order valence-corrected chi connectivity index (χ1v) is 7.62. The van der Waals surface area contributed by atoms with Crippen LogP contribution < -0.4 is 0 Å². The summed E-state index contributed by atoms with van der Waals surface area (Å²) < 4.78 is 41.4. The highest BCUT2D eigenvalue weighted by atomic mass is 32.2. The van der Waals surface area contributed by atoms with Crippen molar-refractivity contribution in [2.24, 2.45) is 7.05 Å². The zero-order valence-electron chi connectivity index (χ0n) is 11.7. The first-order valence-electron chi connectivity index (χ1n) is 6.18. The van der Waals surface area contributed by atoms with Gasteiger partial charge in [0.2, 0.25) is 10.0 Å². The summed E-state index contributed by atoms with van der Waals surface area (Å²) in [6.45, 7) is -0.312. The number of halogens is 1. The molecule has 6 nitrogen and oxygen atoms in total. The monoisotopic (exact) mass is 313 g/mol. The van der Waals surface area contributed by atoms with Crippen molar-refractivity contribution in [3.63, 3.8) is 0 Å². The predicted octanol–water partition coefficient (Wildman–Crippen LogP) is 0.872. The zero-order chi connectivity index (χ0) is 15.6. The summed E-state index contributed by atoms with van der Waals surface area (Å²) in [6, 6.07) is 3.55. The summed E-state index contributed by atoms with van der Waals surface area (Å²) in [5.41, 5.74) is 0.318. The van der Waals surface area contributed by atoms with E-state index in [0.29, 0.717) is 11.4 Å². The Balaban J connectivity index is 2.31. The van der Waals surface area contributed by atoms with Gasteiger partial charge in [-0.25, -0.2) is 17.8 Å². The number of aliphatic hydroxyl groups excluding tert-OH is 1. The van der Waals surface area contributed by atoms with Gasteiger partial charge in [0.05, 0.1) is 13.2 Å². The van der Waals surface area contributed by atoms with Gasteiger partial charge >= 0.3 is 0 Å². The SMILES string of the molecule is CN(Cc1nccn1C)S(=O)(=O)c1ccc(CO)cc1F. The zero-order valence-corrected chi connectivity index (χ0v) is 12.5. The summed E-state index contributed by atoms with van der Waals surface area (Å²) >= 11 is 0. The highest BCUT2D eigenvalue weighted by Gasteiger charge is 2.25. The number of rotatable bonds is 5. The summed E-state index contributed by atoms with van der Waals surface area (Å²) in [5.74, 6) is -0.332. The van der Waals surface area contributed by atoms with Crippen LogP contribution in [0.1, 0.15) is 11.4 Å². The molecule has 0 fully saturated rings. The smallest absolute Gasteiger partial charge is 0.246 e. The summed E-state index contributed by atoms with van der Waals surface area (Å²) in [7, 11) is -0.850. The maximum Gasteiger partial charge on any atom is 0.246 e. The van der Waals surface area contributed by atoms with Crippen LogP contribution in [0.25, 0.3) is 0 Å². The van der Waals surface area contributed by atoms with Gasteiger partial charge in [-0.05, 0) is 17.7 Å². The lowest BCUT2D eigenvalue weighted by molar-refractivity contribution is 0.281. The minimum Gasteiger partial charge on any atom is -0.392 e. The maximum atomic E-state index is 13.9. The molecular formula is C13H16FN3O3S. The van der Waals surface area contributed by atoms with E-state index in [1.807, 2.05) is 0 Å². The third kappa shape index (κ3) is 3.12. The first kappa shape index (κ1) is 15.6. The van der Waals surface area contributed by atoms with Gasteiger partial charge < -0.3 is 9.67 Å². The molecule has 0 radical (unpaired) electrons. The molecular weight excluding hydrogens is 297 g/mol. The van der Waals surface area contributed by atoms with Crippen LogP contribution in [-0.2, 0) is 30.2 Å². The number of aryl methyl sites for hydroxylation is 1. The van der Waals surface area contributed by atoms with Crippen molar-refractivity contribution in [2.45, 2.75) is 18.0 Å².